The van der Waals surface area contributed by atoms with Gasteiger partial charge in [-0.3, -0.25) is 9.59 Å². The number of carboxylic acids is 1. The molecular weight excluding hydrogens is 285 g/mol. The smallest absolute Gasteiger partial charge is 0.303 e. The number of aliphatic carboxylic acids is 1. The van der Waals surface area contributed by atoms with Crippen molar-refractivity contribution in [1.82, 2.24) is 5.32 Å². The van der Waals surface area contributed by atoms with Crippen molar-refractivity contribution in [2.45, 2.75) is 50.4 Å². The van der Waals surface area contributed by atoms with E-state index in [1.54, 1.807) is 6.07 Å². The highest BCUT2D eigenvalue weighted by molar-refractivity contribution is 5.88. The monoisotopic (exact) mass is 307 g/mol. The maximum Gasteiger partial charge on any atom is 0.303 e. The van der Waals surface area contributed by atoms with Crippen LogP contribution < -0.4 is 5.32 Å². The number of nitrogens with one attached hydrogen (secondary N) is 1. The Labute approximate surface area is 129 Å². The molecule has 1 aliphatic rings. The number of hydrogen-bond acceptors (Lipinski definition) is 2. The molecule has 2 rings (SSSR count). The molecule has 1 aromatic carbocycles. The number of halogens is 1. The first-order chi connectivity index (χ1) is 10.5. The maximum atomic E-state index is 13.6. The van der Waals surface area contributed by atoms with E-state index in [-0.39, 0.29) is 18.1 Å². The molecule has 5 heteroatoms. The van der Waals surface area contributed by atoms with Crippen LogP contribution in [0.3, 0.4) is 0 Å². The molecule has 0 bridgehead atoms. The van der Waals surface area contributed by atoms with Gasteiger partial charge < -0.3 is 10.4 Å². The SMILES string of the molecule is O=C(O)CCCNC(=O)C1(c2cccc(F)c2)CCCCC1. The molecule has 0 unspecified atom stereocenters. The third-order valence-corrected chi connectivity index (χ3v) is 4.37. The lowest BCUT2D eigenvalue weighted by atomic mass is 9.68. The van der Waals surface area contributed by atoms with Gasteiger partial charge in [-0.2, -0.15) is 0 Å². The number of benzene rings is 1. The van der Waals surface area contributed by atoms with E-state index in [1.165, 1.54) is 12.1 Å². The summed E-state index contributed by atoms with van der Waals surface area (Å²) >= 11 is 0. The fourth-order valence-electron chi connectivity index (χ4n) is 3.20. The van der Waals surface area contributed by atoms with Crippen LogP contribution in [0.5, 0.6) is 0 Å². The predicted octanol–water partition coefficient (Wildman–Crippen LogP) is 3.01. The summed E-state index contributed by atoms with van der Waals surface area (Å²) in [4.78, 5) is 23.2. The average molecular weight is 307 g/mol. The van der Waals surface area contributed by atoms with E-state index >= 15 is 0 Å². The van der Waals surface area contributed by atoms with Gasteiger partial charge in [0.05, 0.1) is 5.41 Å². The first-order valence-corrected chi connectivity index (χ1v) is 7.81. The first kappa shape index (κ1) is 16.5. The molecule has 1 saturated carbocycles. The molecule has 0 radical (unpaired) electrons. The van der Waals surface area contributed by atoms with Gasteiger partial charge >= 0.3 is 5.97 Å². The number of hydrogen-bond donors (Lipinski definition) is 2. The lowest BCUT2D eigenvalue weighted by Crippen LogP contribution is -2.46. The Bertz CT molecular complexity index is 538. The molecule has 4 nitrogen and oxygen atoms in total. The minimum atomic E-state index is -0.869. The summed E-state index contributed by atoms with van der Waals surface area (Å²) < 4.78 is 13.6. The van der Waals surface area contributed by atoms with Gasteiger partial charge in [0.2, 0.25) is 5.91 Å². The van der Waals surface area contributed by atoms with Crippen LogP contribution in [0, 0.1) is 5.82 Å². The van der Waals surface area contributed by atoms with Crippen molar-refractivity contribution in [2.24, 2.45) is 0 Å². The van der Waals surface area contributed by atoms with Crippen LogP contribution in [0.1, 0.15) is 50.5 Å². The predicted molar refractivity (Wildman–Crippen MR) is 81.0 cm³/mol. The molecular formula is C17H22FNO3. The van der Waals surface area contributed by atoms with E-state index in [4.69, 9.17) is 5.11 Å². The summed E-state index contributed by atoms with van der Waals surface area (Å²) in [6.07, 6.45) is 4.83. The standard InChI is InChI=1S/C17H22FNO3/c18-14-7-4-6-13(12-14)17(9-2-1-3-10-17)16(22)19-11-5-8-15(20)21/h4,6-7,12H,1-3,5,8-11H2,(H,19,22)(H,20,21). The molecule has 1 fully saturated rings. The molecule has 0 spiro atoms. The Balaban J connectivity index is 2.11. The minimum absolute atomic E-state index is 0.0350. The molecule has 0 atom stereocenters. The molecule has 2 N–H and O–H groups in total. The quantitative estimate of drug-likeness (QED) is 0.794. The summed E-state index contributed by atoms with van der Waals surface area (Å²) in [5, 5.41) is 11.5. The van der Waals surface area contributed by atoms with Crippen molar-refractivity contribution in [3.63, 3.8) is 0 Å². The van der Waals surface area contributed by atoms with Gasteiger partial charge in [-0.25, -0.2) is 4.39 Å². The second-order valence-corrected chi connectivity index (χ2v) is 5.91. The van der Waals surface area contributed by atoms with Crippen molar-refractivity contribution in [3.8, 4) is 0 Å². The molecule has 22 heavy (non-hydrogen) atoms. The minimum Gasteiger partial charge on any atom is -0.481 e. The number of amides is 1. The Morgan fingerprint density at radius 1 is 1.23 bits per heavy atom. The number of rotatable bonds is 6. The summed E-state index contributed by atoms with van der Waals surface area (Å²) in [5.74, 6) is -1.31. The molecule has 1 aromatic rings. The lowest BCUT2D eigenvalue weighted by molar-refractivity contribution is -0.137. The molecule has 120 valence electrons. The first-order valence-electron chi connectivity index (χ1n) is 7.81. The molecule has 1 aliphatic carbocycles. The van der Waals surface area contributed by atoms with Crippen molar-refractivity contribution < 1.29 is 19.1 Å². The summed E-state index contributed by atoms with van der Waals surface area (Å²) in [7, 11) is 0. The largest absolute Gasteiger partial charge is 0.481 e. The molecule has 0 aromatic heterocycles. The summed E-state index contributed by atoms with van der Waals surface area (Å²) in [5.41, 5.74) is 0.0479. The maximum absolute atomic E-state index is 13.6. The molecule has 0 aliphatic heterocycles. The van der Waals surface area contributed by atoms with Gasteiger partial charge in [-0.05, 0) is 37.0 Å². The van der Waals surface area contributed by atoms with Gasteiger partial charge in [-0.15, -0.1) is 0 Å². The van der Waals surface area contributed by atoms with Crippen molar-refractivity contribution in [2.75, 3.05) is 6.54 Å². The topological polar surface area (TPSA) is 66.4 Å². The van der Waals surface area contributed by atoms with Gasteiger partial charge in [-0.1, -0.05) is 31.4 Å². The third-order valence-electron chi connectivity index (χ3n) is 4.37. The van der Waals surface area contributed by atoms with Crippen LogP contribution in [0.15, 0.2) is 24.3 Å². The lowest BCUT2D eigenvalue weighted by Gasteiger charge is -2.36. The Morgan fingerprint density at radius 2 is 1.95 bits per heavy atom. The average Bonchev–Trinajstić information content (AvgIpc) is 2.52. The van der Waals surface area contributed by atoms with Crippen LogP contribution in [0.4, 0.5) is 4.39 Å². The number of carbonyl (C=O) groups excluding carboxylic acids is 1. The van der Waals surface area contributed by atoms with E-state index in [0.29, 0.717) is 25.8 Å². The third kappa shape index (κ3) is 3.84. The van der Waals surface area contributed by atoms with E-state index in [2.05, 4.69) is 5.32 Å². The van der Waals surface area contributed by atoms with Crippen molar-refractivity contribution >= 4 is 11.9 Å². The molecule has 1 amide bonds. The van der Waals surface area contributed by atoms with E-state index in [0.717, 1.165) is 24.8 Å². The van der Waals surface area contributed by atoms with Gasteiger partial charge in [0.25, 0.3) is 0 Å². The van der Waals surface area contributed by atoms with Crippen LogP contribution >= 0.6 is 0 Å². The fourth-order valence-corrected chi connectivity index (χ4v) is 3.20. The van der Waals surface area contributed by atoms with Crippen LogP contribution in [0.25, 0.3) is 0 Å². The van der Waals surface area contributed by atoms with E-state index in [1.807, 2.05) is 6.07 Å². The van der Waals surface area contributed by atoms with Crippen LogP contribution in [-0.2, 0) is 15.0 Å². The van der Waals surface area contributed by atoms with Gasteiger partial charge in [0.15, 0.2) is 0 Å². The molecule has 0 heterocycles. The zero-order valence-electron chi connectivity index (χ0n) is 12.6. The van der Waals surface area contributed by atoms with Gasteiger partial charge in [0.1, 0.15) is 5.82 Å². The highest BCUT2D eigenvalue weighted by Gasteiger charge is 2.41. The Hall–Kier alpha value is -1.91. The normalized spacial score (nSPS) is 17.0. The van der Waals surface area contributed by atoms with Gasteiger partial charge in [0, 0.05) is 13.0 Å². The second-order valence-electron chi connectivity index (χ2n) is 5.91. The highest BCUT2D eigenvalue weighted by Crippen LogP contribution is 2.39. The Morgan fingerprint density at radius 3 is 2.59 bits per heavy atom. The van der Waals surface area contributed by atoms with E-state index in [9.17, 15) is 14.0 Å². The zero-order valence-corrected chi connectivity index (χ0v) is 12.6. The molecule has 0 saturated heterocycles. The second kappa shape index (κ2) is 7.38. The highest BCUT2D eigenvalue weighted by atomic mass is 19.1. The number of carbonyl (C=O) groups is 2. The van der Waals surface area contributed by atoms with Crippen molar-refractivity contribution in [3.05, 3.63) is 35.6 Å². The zero-order chi connectivity index (χ0) is 16.0. The van der Waals surface area contributed by atoms with Crippen LogP contribution in [-0.4, -0.2) is 23.5 Å². The Kier molecular flexibility index (Phi) is 5.52. The van der Waals surface area contributed by atoms with Crippen molar-refractivity contribution in [1.29, 1.82) is 0 Å². The number of carboxylic acid groups (broad SMARTS) is 1. The summed E-state index contributed by atoms with van der Waals surface area (Å²) in [6.45, 7) is 0.336. The van der Waals surface area contributed by atoms with Crippen LogP contribution in [0.2, 0.25) is 0 Å². The van der Waals surface area contributed by atoms with E-state index < -0.39 is 11.4 Å². The summed E-state index contributed by atoms with van der Waals surface area (Å²) in [6, 6.07) is 6.27. The fraction of sp³-hybridized carbons (Fsp3) is 0.529.